The van der Waals surface area contributed by atoms with Gasteiger partial charge < -0.3 is 20.7 Å². The van der Waals surface area contributed by atoms with Gasteiger partial charge in [0.2, 0.25) is 5.91 Å². The van der Waals surface area contributed by atoms with E-state index in [-0.39, 0.29) is 30.9 Å². The summed E-state index contributed by atoms with van der Waals surface area (Å²) in [7, 11) is 1.56. The number of rotatable bonds is 5. The van der Waals surface area contributed by atoms with Crippen molar-refractivity contribution in [1.82, 2.24) is 20.9 Å². The largest absolute Gasteiger partial charge is 0.497 e. The van der Waals surface area contributed by atoms with Crippen molar-refractivity contribution in [2.24, 2.45) is 5.92 Å². The first-order valence-corrected chi connectivity index (χ1v) is 9.14. The molecule has 1 aromatic carbocycles. The van der Waals surface area contributed by atoms with Gasteiger partial charge >= 0.3 is 6.03 Å². The number of imide groups is 1. The van der Waals surface area contributed by atoms with Crippen LogP contribution in [0.5, 0.6) is 5.75 Å². The number of hydrogen-bond donors (Lipinski definition) is 3. The minimum atomic E-state index is -1.20. The van der Waals surface area contributed by atoms with Crippen LogP contribution in [0.25, 0.3) is 0 Å². The summed E-state index contributed by atoms with van der Waals surface area (Å²) in [6.07, 6.45) is 0.830. The lowest BCUT2D eigenvalue weighted by molar-refractivity contribution is -0.135. The van der Waals surface area contributed by atoms with E-state index >= 15 is 0 Å². The molecular weight excluding hydrogens is 384 g/mol. The maximum Gasteiger partial charge on any atom is 0.325 e. The quantitative estimate of drug-likeness (QED) is 0.629. The van der Waals surface area contributed by atoms with E-state index in [1.165, 1.54) is 0 Å². The summed E-state index contributed by atoms with van der Waals surface area (Å²) in [6, 6.07) is 6.41. The number of urea groups is 1. The first kappa shape index (κ1) is 22.0. The number of nitrogens with one attached hydrogen (secondary N) is 3. The molecule has 2 saturated heterocycles. The lowest BCUT2D eigenvalue weighted by Crippen LogP contribution is -2.51. The van der Waals surface area contributed by atoms with Crippen molar-refractivity contribution in [3.8, 4) is 5.75 Å². The molecule has 0 aliphatic carbocycles. The molecule has 0 aromatic heterocycles. The second kappa shape index (κ2) is 8.79. The van der Waals surface area contributed by atoms with E-state index in [1.807, 2.05) is 0 Å². The van der Waals surface area contributed by atoms with Crippen LogP contribution in [0.4, 0.5) is 4.79 Å². The molecule has 8 nitrogen and oxygen atoms in total. The number of piperidine rings is 1. The number of carbonyl (C=O) groups excluding carboxylic acids is 3. The van der Waals surface area contributed by atoms with Crippen molar-refractivity contribution >= 4 is 30.3 Å². The Morgan fingerprint density at radius 1 is 1.32 bits per heavy atom. The minimum Gasteiger partial charge on any atom is -0.497 e. The molecule has 154 valence electrons. The first-order valence-electron chi connectivity index (χ1n) is 9.14. The summed E-state index contributed by atoms with van der Waals surface area (Å²) in [5, 5.41) is 8.93. The van der Waals surface area contributed by atoms with E-state index < -0.39 is 17.5 Å². The maximum absolute atomic E-state index is 12.9. The van der Waals surface area contributed by atoms with Gasteiger partial charge in [0.05, 0.1) is 7.11 Å². The standard InChI is InChI=1S/C19H26N4O4.ClH/c1-12-10-20-9-8-15(12)21-16(24)11-23-17(25)19(2,22-18(23)26)13-4-6-14(27-3)7-5-13;/h4-7,12,15,20H,8-11H2,1-3H3,(H,21,24)(H,22,26);1H. The average Bonchev–Trinajstić information content (AvgIpc) is 2.88. The average molecular weight is 411 g/mol. The van der Waals surface area contributed by atoms with Crippen LogP contribution in [0, 0.1) is 5.92 Å². The van der Waals surface area contributed by atoms with E-state index in [4.69, 9.17) is 4.74 Å². The number of methoxy groups -OCH3 is 1. The molecule has 2 heterocycles. The van der Waals surface area contributed by atoms with E-state index in [1.54, 1.807) is 38.3 Å². The molecule has 2 fully saturated rings. The molecule has 2 aliphatic rings. The summed E-state index contributed by atoms with van der Waals surface area (Å²) in [6.45, 7) is 5.10. The van der Waals surface area contributed by atoms with Crippen LogP contribution >= 0.6 is 12.4 Å². The minimum absolute atomic E-state index is 0. The van der Waals surface area contributed by atoms with Gasteiger partial charge in [0, 0.05) is 6.04 Å². The van der Waals surface area contributed by atoms with Gasteiger partial charge in [-0.1, -0.05) is 19.1 Å². The van der Waals surface area contributed by atoms with Crippen LogP contribution in [-0.4, -0.2) is 55.5 Å². The SMILES string of the molecule is COc1ccc(C2(C)NC(=O)N(CC(=O)NC3CCNCC3C)C2=O)cc1.Cl. The molecule has 0 saturated carbocycles. The summed E-state index contributed by atoms with van der Waals surface area (Å²) in [5.74, 6) is 0.198. The van der Waals surface area contributed by atoms with Crippen molar-refractivity contribution in [3.63, 3.8) is 0 Å². The third kappa shape index (κ3) is 4.23. The van der Waals surface area contributed by atoms with Crippen LogP contribution in [0.15, 0.2) is 24.3 Å². The first-order chi connectivity index (χ1) is 12.8. The number of halogens is 1. The lowest BCUT2D eigenvalue weighted by atomic mass is 9.92. The van der Waals surface area contributed by atoms with Gasteiger partial charge in [0.25, 0.3) is 5.91 Å². The predicted octanol–water partition coefficient (Wildman–Crippen LogP) is 0.998. The molecule has 4 amide bonds. The number of nitrogens with zero attached hydrogens (tertiary/aromatic N) is 1. The summed E-state index contributed by atoms with van der Waals surface area (Å²) in [5.41, 5.74) is -0.567. The molecule has 28 heavy (non-hydrogen) atoms. The van der Waals surface area contributed by atoms with Gasteiger partial charge in [-0.15, -0.1) is 12.4 Å². The molecule has 3 N–H and O–H groups in total. The topological polar surface area (TPSA) is 99.8 Å². The van der Waals surface area contributed by atoms with Crippen LogP contribution in [0.2, 0.25) is 0 Å². The van der Waals surface area contributed by atoms with Gasteiger partial charge in [-0.2, -0.15) is 0 Å². The van der Waals surface area contributed by atoms with Gasteiger partial charge in [-0.3, -0.25) is 14.5 Å². The van der Waals surface area contributed by atoms with Crippen molar-refractivity contribution in [1.29, 1.82) is 0 Å². The monoisotopic (exact) mass is 410 g/mol. The Morgan fingerprint density at radius 3 is 2.61 bits per heavy atom. The van der Waals surface area contributed by atoms with E-state index in [0.29, 0.717) is 17.2 Å². The second-order valence-corrected chi connectivity index (χ2v) is 7.32. The molecule has 3 atom stereocenters. The second-order valence-electron chi connectivity index (χ2n) is 7.32. The Hall–Kier alpha value is -2.32. The number of ether oxygens (including phenoxy) is 1. The fraction of sp³-hybridized carbons (Fsp3) is 0.526. The lowest BCUT2D eigenvalue weighted by Gasteiger charge is -2.30. The Bertz CT molecular complexity index is 742. The Labute approximate surface area is 170 Å². The maximum atomic E-state index is 12.9. The normalized spacial score (nSPS) is 27.0. The van der Waals surface area contributed by atoms with Crippen molar-refractivity contribution in [3.05, 3.63) is 29.8 Å². The third-order valence-corrected chi connectivity index (χ3v) is 5.38. The molecule has 0 bridgehead atoms. The fourth-order valence-electron chi connectivity index (χ4n) is 3.59. The van der Waals surface area contributed by atoms with Crippen molar-refractivity contribution in [2.45, 2.75) is 31.8 Å². The third-order valence-electron chi connectivity index (χ3n) is 5.38. The molecule has 3 rings (SSSR count). The number of carbonyl (C=O) groups is 3. The highest BCUT2D eigenvalue weighted by atomic mass is 35.5. The highest BCUT2D eigenvalue weighted by molar-refractivity contribution is 6.09. The van der Waals surface area contributed by atoms with E-state index in [2.05, 4.69) is 22.9 Å². The molecule has 0 spiro atoms. The van der Waals surface area contributed by atoms with Crippen LogP contribution in [0.1, 0.15) is 25.8 Å². The number of benzene rings is 1. The van der Waals surface area contributed by atoms with Gasteiger partial charge in [0.15, 0.2) is 0 Å². The summed E-state index contributed by atoms with van der Waals surface area (Å²) >= 11 is 0. The molecule has 3 unspecified atom stereocenters. The summed E-state index contributed by atoms with van der Waals surface area (Å²) < 4.78 is 5.13. The van der Waals surface area contributed by atoms with Crippen LogP contribution in [-0.2, 0) is 15.1 Å². The van der Waals surface area contributed by atoms with Crippen LogP contribution in [0.3, 0.4) is 0 Å². The molecule has 0 radical (unpaired) electrons. The van der Waals surface area contributed by atoms with Gasteiger partial charge in [-0.05, 0) is 50.0 Å². The Balaban J connectivity index is 0.00000280. The highest BCUT2D eigenvalue weighted by Crippen LogP contribution is 2.29. The van der Waals surface area contributed by atoms with E-state index in [9.17, 15) is 14.4 Å². The zero-order chi connectivity index (χ0) is 19.6. The molecule has 9 heteroatoms. The fourth-order valence-corrected chi connectivity index (χ4v) is 3.59. The molecule has 1 aromatic rings. The predicted molar refractivity (Wildman–Crippen MR) is 106 cm³/mol. The molecular formula is C19H27ClN4O4. The van der Waals surface area contributed by atoms with Gasteiger partial charge in [0.1, 0.15) is 17.8 Å². The Morgan fingerprint density at radius 2 is 2.00 bits per heavy atom. The number of amides is 4. The Kier molecular flexibility index (Phi) is 6.90. The highest BCUT2D eigenvalue weighted by Gasteiger charge is 2.49. The zero-order valence-corrected chi connectivity index (χ0v) is 17.1. The van der Waals surface area contributed by atoms with Crippen molar-refractivity contribution < 1.29 is 19.1 Å². The zero-order valence-electron chi connectivity index (χ0n) is 16.3. The van der Waals surface area contributed by atoms with E-state index in [0.717, 1.165) is 24.4 Å². The number of hydrogen-bond acceptors (Lipinski definition) is 5. The van der Waals surface area contributed by atoms with Gasteiger partial charge in [-0.25, -0.2) is 4.79 Å². The van der Waals surface area contributed by atoms with Crippen LogP contribution < -0.4 is 20.7 Å². The van der Waals surface area contributed by atoms with Crippen molar-refractivity contribution in [2.75, 3.05) is 26.7 Å². The smallest absolute Gasteiger partial charge is 0.325 e. The molecule has 2 aliphatic heterocycles. The summed E-state index contributed by atoms with van der Waals surface area (Å²) in [4.78, 5) is 38.7.